The third-order valence-electron chi connectivity index (χ3n) is 4.09. The molecule has 0 spiro atoms. The molecule has 0 bridgehead atoms. The monoisotopic (exact) mass is 401 g/mol. The second-order valence-electron chi connectivity index (χ2n) is 5.64. The van der Waals surface area contributed by atoms with E-state index in [4.69, 9.17) is 0 Å². The van der Waals surface area contributed by atoms with Crippen molar-refractivity contribution >= 4 is 33.4 Å². The van der Waals surface area contributed by atoms with Crippen molar-refractivity contribution in [3.8, 4) is 0 Å². The normalized spacial score (nSPS) is 19.4. The Balaban J connectivity index is 2.20. The Morgan fingerprint density at radius 2 is 1.80 bits per heavy atom. The zero-order valence-electron chi connectivity index (χ0n) is 13.2. The summed E-state index contributed by atoms with van der Waals surface area (Å²) in [7, 11) is 0. The van der Waals surface area contributed by atoms with E-state index in [1.807, 2.05) is 6.07 Å². The molecule has 2 N–H and O–H groups in total. The first-order valence-corrected chi connectivity index (χ1v) is 8.54. The highest BCUT2D eigenvalue weighted by Crippen LogP contribution is 2.39. The molecule has 128 valence electrons. The zero-order chi connectivity index (χ0) is 18.0. The molecule has 1 heterocycles. The molecule has 1 unspecified atom stereocenters. The van der Waals surface area contributed by atoms with Gasteiger partial charge in [0.1, 0.15) is 5.76 Å². The number of hydrogen-bond donors (Lipinski definition) is 2. The largest absolute Gasteiger partial charge is 0.507 e. The molecule has 1 saturated heterocycles. The van der Waals surface area contributed by atoms with E-state index in [1.54, 1.807) is 48.5 Å². The first kappa shape index (κ1) is 17.4. The van der Waals surface area contributed by atoms with Gasteiger partial charge >= 0.3 is 0 Å². The first-order chi connectivity index (χ1) is 12.0. The Kier molecular flexibility index (Phi) is 5.01. The fourth-order valence-corrected chi connectivity index (χ4v) is 3.41. The lowest BCUT2D eigenvalue weighted by atomic mass is 9.95. The van der Waals surface area contributed by atoms with E-state index in [0.717, 1.165) is 4.47 Å². The summed E-state index contributed by atoms with van der Waals surface area (Å²) in [4.78, 5) is 26.3. The van der Waals surface area contributed by atoms with Crippen molar-refractivity contribution in [2.24, 2.45) is 0 Å². The van der Waals surface area contributed by atoms with Crippen molar-refractivity contribution in [1.82, 2.24) is 4.90 Å². The van der Waals surface area contributed by atoms with Crippen LogP contribution in [0.4, 0.5) is 0 Å². The Morgan fingerprint density at radius 3 is 2.44 bits per heavy atom. The van der Waals surface area contributed by atoms with Crippen LogP contribution in [0, 0.1) is 0 Å². The summed E-state index contributed by atoms with van der Waals surface area (Å²) in [5.41, 5.74) is 1.17. The van der Waals surface area contributed by atoms with Crippen LogP contribution in [0.2, 0.25) is 0 Å². The fourth-order valence-electron chi connectivity index (χ4n) is 2.99. The number of hydrogen-bond acceptors (Lipinski definition) is 4. The number of Topliss-reactive ketones (excluding diaryl/α,β-unsaturated/α-hetero) is 1. The molecule has 2 aromatic carbocycles. The van der Waals surface area contributed by atoms with Gasteiger partial charge in [-0.2, -0.15) is 0 Å². The van der Waals surface area contributed by atoms with Crippen LogP contribution in [0.3, 0.4) is 0 Å². The minimum absolute atomic E-state index is 0.00726. The van der Waals surface area contributed by atoms with E-state index in [2.05, 4.69) is 15.9 Å². The number of nitrogens with zero attached hydrogens (tertiary/aromatic N) is 1. The molecule has 0 aromatic heterocycles. The van der Waals surface area contributed by atoms with Crippen molar-refractivity contribution < 1.29 is 19.8 Å². The van der Waals surface area contributed by atoms with Crippen molar-refractivity contribution in [2.45, 2.75) is 6.04 Å². The zero-order valence-corrected chi connectivity index (χ0v) is 14.8. The minimum Gasteiger partial charge on any atom is -0.507 e. The number of aliphatic hydroxyl groups is 2. The third-order valence-corrected chi connectivity index (χ3v) is 4.59. The van der Waals surface area contributed by atoms with Crippen LogP contribution in [0.5, 0.6) is 0 Å². The molecule has 1 amide bonds. The summed E-state index contributed by atoms with van der Waals surface area (Å²) in [6.45, 7) is -0.268. The number of carbonyl (C=O) groups excluding carboxylic acids is 2. The third kappa shape index (κ3) is 3.23. The predicted molar refractivity (Wildman–Crippen MR) is 96.7 cm³/mol. The lowest BCUT2D eigenvalue weighted by Gasteiger charge is -2.24. The van der Waals surface area contributed by atoms with E-state index in [9.17, 15) is 19.8 Å². The Hall–Kier alpha value is -2.44. The van der Waals surface area contributed by atoms with Crippen LogP contribution >= 0.6 is 15.9 Å². The summed E-state index contributed by atoms with van der Waals surface area (Å²) >= 11 is 3.38. The van der Waals surface area contributed by atoms with Gasteiger partial charge in [0.15, 0.2) is 0 Å². The highest BCUT2D eigenvalue weighted by molar-refractivity contribution is 9.10. The van der Waals surface area contributed by atoms with Gasteiger partial charge in [0, 0.05) is 16.6 Å². The van der Waals surface area contributed by atoms with Gasteiger partial charge in [0.05, 0.1) is 18.2 Å². The topological polar surface area (TPSA) is 77.8 Å². The molecule has 5 nitrogen and oxygen atoms in total. The number of aliphatic hydroxyl groups excluding tert-OH is 2. The van der Waals surface area contributed by atoms with Gasteiger partial charge in [-0.1, -0.05) is 58.4 Å². The molecular formula is C19H16BrNO4. The molecule has 1 fully saturated rings. The number of likely N-dealkylation sites (tertiary alicyclic amines) is 1. The molecule has 0 aliphatic carbocycles. The maximum Gasteiger partial charge on any atom is 0.295 e. The summed E-state index contributed by atoms with van der Waals surface area (Å²) in [6.07, 6.45) is 0. The predicted octanol–water partition coefficient (Wildman–Crippen LogP) is 2.86. The number of benzene rings is 2. The maximum atomic E-state index is 12.6. The minimum atomic E-state index is -0.750. The van der Waals surface area contributed by atoms with Crippen LogP contribution in [0.25, 0.3) is 5.76 Å². The van der Waals surface area contributed by atoms with Gasteiger partial charge < -0.3 is 15.1 Å². The van der Waals surface area contributed by atoms with Crippen molar-refractivity contribution in [2.75, 3.05) is 13.2 Å². The average Bonchev–Trinajstić information content (AvgIpc) is 2.87. The van der Waals surface area contributed by atoms with Crippen molar-refractivity contribution in [1.29, 1.82) is 0 Å². The molecule has 6 heteroatoms. The van der Waals surface area contributed by atoms with E-state index in [1.165, 1.54) is 4.90 Å². The number of carbonyl (C=O) groups is 2. The lowest BCUT2D eigenvalue weighted by Crippen LogP contribution is -2.32. The summed E-state index contributed by atoms with van der Waals surface area (Å²) < 4.78 is 0.791. The molecule has 3 rings (SSSR count). The van der Waals surface area contributed by atoms with E-state index < -0.39 is 17.7 Å². The summed E-state index contributed by atoms with van der Waals surface area (Å²) in [5, 5.41) is 20.0. The number of ketones is 1. The van der Waals surface area contributed by atoms with Gasteiger partial charge in [-0.25, -0.2) is 0 Å². The first-order valence-electron chi connectivity index (χ1n) is 7.74. The number of amides is 1. The van der Waals surface area contributed by atoms with Crippen LogP contribution in [-0.2, 0) is 9.59 Å². The Morgan fingerprint density at radius 1 is 1.08 bits per heavy atom. The van der Waals surface area contributed by atoms with Crippen LogP contribution < -0.4 is 0 Å². The van der Waals surface area contributed by atoms with Gasteiger partial charge in [-0.3, -0.25) is 9.59 Å². The average molecular weight is 402 g/mol. The smallest absolute Gasteiger partial charge is 0.295 e. The summed E-state index contributed by atoms with van der Waals surface area (Å²) in [6, 6.07) is 15.1. The molecule has 2 aromatic rings. The van der Waals surface area contributed by atoms with Crippen molar-refractivity contribution in [3.05, 3.63) is 75.8 Å². The standard InChI is InChI=1S/C19H16BrNO4/c20-14-8-4-7-13(11-14)16-15(17(23)12-5-2-1-3-6-12)18(24)19(25)21(16)9-10-22/h1-8,11,16,22-23H,9-10H2/b17-15-. The highest BCUT2D eigenvalue weighted by atomic mass is 79.9. The number of halogens is 1. The molecule has 0 saturated carbocycles. The number of β-amino-alcohol motifs (C(OH)–C–C–N with tert-alkyl or cyclic N) is 1. The highest BCUT2D eigenvalue weighted by Gasteiger charge is 2.45. The molecule has 1 aliphatic rings. The molecule has 0 radical (unpaired) electrons. The van der Waals surface area contributed by atoms with E-state index >= 15 is 0 Å². The van der Waals surface area contributed by atoms with Gasteiger partial charge in [-0.15, -0.1) is 0 Å². The van der Waals surface area contributed by atoms with E-state index in [0.29, 0.717) is 11.1 Å². The summed E-state index contributed by atoms with van der Waals surface area (Å²) in [5.74, 6) is -1.69. The Bertz CT molecular complexity index is 848. The van der Waals surface area contributed by atoms with Crippen LogP contribution in [-0.4, -0.2) is 40.0 Å². The van der Waals surface area contributed by atoms with Gasteiger partial charge in [0.2, 0.25) is 0 Å². The fraction of sp³-hybridized carbons (Fsp3) is 0.158. The second-order valence-corrected chi connectivity index (χ2v) is 6.55. The molecule has 25 heavy (non-hydrogen) atoms. The van der Waals surface area contributed by atoms with Crippen LogP contribution in [0.1, 0.15) is 17.2 Å². The molecule has 1 atom stereocenters. The van der Waals surface area contributed by atoms with Gasteiger partial charge in [-0.05, 0) is 17.7 Å². The van der Waals surface area contributed by atoms with E-state index in [-0.39, 0.29) is 24.5 Å². The van der Waals surface area contributed by atoms with Crippen LogP contribution in [0.15, 0.2) is 64.6 Å². The second kappa shape index (κ2) is 7.21. The lowest BCUT2D eigenvalue weighted by molar-refractivity contribution is -0.140. The Labute approximate surface area is 153 Å². The number of rotatable bonds is 4. The van der Waals surface area contributed by atoms with Gasteiger partial charge in [0.25, 0.3) is 11.7 Å². The molecule has 1 aliphatic heterocycles. The SMILES string of the molecule is O=C1C(=O)N(CCO)C(c2cccc(Br)c2)/C1=C(/O)c1ccccc1. The van der Waals surface area contributed by atoms with Crippen molar-refractivity contribution in [3.63, 3.8) is 0 Å². The quantitative estimate of drug-likeness (QED) is 0.469. The maximum absolute atomic E-state index is 12.6. The molecular weight excluding hydrogens is 386 g/mol.